The van der Waals surface area contributed by atoms with E-state index in [9.17, 15) is 14.4 Å². The Bertz CT molecular complexity index is 847. The molecule has 0 aromatic rings. The van der Waals surface area contributed by atoms with Crippen LogP contribution in [0.3, 0.4) is 0 Å². The zero-order chi connectivity index (χ0) is 34.5. The second-order valence-corrected chi connectivity index (χ2v) is 9.63. The molecule has 0 rings (SSSR count). The van der Waals surface area contributed by atoms with Crippen LogP contribution in [0.2, 0.25) is 0 Å². The maximum absolute atomic E-state index is 12.4. The quantitative estimate of drug-likeness (QED) is 0.102. The standard InChI is InChI=1S/C32H49NO5.3C2H6/c1-6-7-8-9-10-11-12-13-14-15-16-17-18-19-20-21-22-23-24-29(35)38-27-32(3,4)30(37-5)31(36)33-26-25-28(2)34;3*1-2/h7-8,10-11,13-14,16-17,19-20,22-23,30H,6,9,12,15,18,21,24-27H2,1-5H3,(H,33,36);3*1-2H3/b8-7-,11-10-,14-13-,17-16-,20-19-,23-22-;;;/t30-;;;/m0.../s1. The van der Waals surface area contributed by atoms with Gasteiger partial charge in [0.2, 0.25) is 5.91 Å². The average molecular weight is 618 g/mol. The van der Waals surface area contributed by atoms with E-state index in [4.69, 9.17) is 9.47 Å². The van der Waals surface area contributed by atoms with Crippen LogP contribution in [-0.2, 0) is 23.9 Å². The number of carbonyl (C=O) groups excluding carboxylic acids is 3. The Morgan fingerprint density at radius 1 is 0.682 bits per heavy atom. The van der Waals surface area contributed by atoms with E-state index >= 15 is 0 Å². The first kappa shape index (κ1) is 47.9. The Balaban J connectivity index is -0.00000125. The highest BCUT2D eigenvalue weighted by atomic mass is 16.5. The SMILES string of the molecule is CC.CC.CC.CC/C=C\C/C=C\C/C=C\C/C=C\C/C=C\C/C=C\CC(=O)OCC(C)(C)[C@@H](OC)C(=O)NCCC(C)=O. The summed E-state index contributed by atoms with van der Waals surface area (Å²) in [6.07, 6.45) is 30.6. The highest BCUT2D eigenvalue weighted by molar-refractivity contribution is 5.82. The van der Waals surface area contributed by atoms with Crippen molar-refractivity contribution in [3.05, 3.63) is 72.9 Å². The van der Waals surface area contributed by atoms with Crippen molar-refractivity contribution in [1.82, 2.24) is 5.32 Å². The second-order valence-electron chi connectivity index (χ2n) is 9.63. The summed E-state index contributed by atoms with van der Waals surface area (Å²) in [5.74, 6) is -0.682. The van der Waals surface area contributed by atoms with Crippen molar-refractivity contribution in [3.63, 3.8) is 0 Å². The van der Waals surface area contributed by atoms with Crippen LogP contribution in [0.4, 0.5) is 0 Å². The van der Waals surface area contributed by atoms with E-state index in [1.807, 2.05) is 47.6 Å². The molecule has 0 aliphatic heterocycles. The Morgan fingerprint density at radius 2 is 1.07 bits per heavy atom. The molecule has 0 fully saturated rings. The first-order valence-electron chi connectivity index (χ1n) is 16.6. The van der Waals surface area contributed by atoms with Crippen LogP contribution in [0.25, 0.3) is 0 Å². The molecule has 0 aromatic heterocycles. The molecule has 1 atom stereocenters. The van der Waals surface area contributed by atoms with Crippen molar-refractivity contribution in [2.45, 2.75) is 127 Å². The molecule has 6 nitrogen and oxygen atoms in total. The number of ether oxygens (including phenoxy) is 2. The third-order valence-electron chi connectivity index (χ3n) is 5.45. The average Bonchev–Trinajstić information content (AvgIpc) is 3.02. The molecule has 0 radical (unpaired) electrons. The van der Waals surface area contributed by atoms with Crippen molar-refractivity contribution >= 4 is 17.7 Å². The summed E-state index contributed by atoms with van der Waals surface area (Å²) in [6.45, 7) is 19.5. The first-order valence-corrected chi connectivity index (χ1v) is 16.6. The lowest BCUT2D eigenvalue weighted by atomic mass is 9.86. The molecular weight excluding hydrogens is 550 g/mol. The third kappa shape index (κ3) is 33.5. The van der Waals surface area contributed by atoms with Gasteiger partial charge in [0.05, 0.1) is 13.0 Å². The lowest BCUT2D eigenvalue weighted by Crippen LogP contribution is -2.47. The maximum atomic E-state index is 12.4. The molecule has 44 heavy (non-hydrogen) atoms. The minimum atomic E-state index is -0.798. The van der Waals surface area contributed by atoms with Gasteiger partial charge in [0.1, 0.15) is 11.9 Å². The minimum Gasteiger partial charge on any atom is -0.465 e. The van der Waals surface area contributed by atoms with Crippen LogP contribution in [0.5, 0.6) is 0 Å². The third-order valence-corrected chi connectivity index (χ3v) is 5.45. The zero-order valence-electron chi connectivity index (χ0n) is 30.1. The number of hydrogen-bond donors (Lipinski definition) is 1. The van der Waals surface area contributed by atoms with Crippen molar-refractivity contribution in [1.29, 1.82) is 0 Å². The van der Waals surface area contributed by atoms with Gasteiger partial charge < -0.3 is 14.8 Å². The van der Waals surface area contributed by atoms with E-state index < -0.39 is 11.5 Å². The van der Waals surface area contributed by atoms with Gasteiger partial charge in [0, 0.05) is 25.5 Å². The molecule has 0 aliphatic rings. The summed E-state index contributed by atoms with van der Waals surface area (Å²) >= 11 is 0. The summed E-state index contributed by atoms with van der Waals surface area (Å²) in [4.78, 5) is 35.5. The van der Waals surface area contributed by atoms with Crippen LogP contribution in [-0.4, -0.2) is 44.0 Å². The van der Waals surface area contributed by atoms with Crippen molar-refractivity contribution in [2.24, 2.45) is 5.41 Å². The fourth-order valence-corrected chi connectivity index (χ4v) is 3.34. The number of carbonyl (C=O) groups is 3. The summed E-state index contributed by atoms with van der Waals surface area (Å²) < 4.78 is 10.7. The van der Waals surface area contributed by atoms with Gasteiger partial charge in [0.15, 0.2) is 0 Å². The summed E-state index contributed by atoms with van der Waals surface area (Å²) in [5, 5.41) is 2.69. The molecular formula is C38H67NO5. The summed E-state index contributed by atoms with van der Waals surface area (Å²) in [6, 6.07) is 0. The molecule has 0 saturated carbocycles. The lowest BCUT2D eigenvalue weighted by molar-refractivity contribution is -0.154. The first-order chi connectivity index (χ1) is 21.2. The molecule has 0 aromatic carbocycles. The van der Waals surface area contributed by atoms with Crippen molar-refractivity contribution in [3.8, 4) is 0 Å². The van der Waals surface area contributed by atoms with Crippen molar-refractivity contribution < 1.29 is 23.9 Å². The van der Waals surface area contributed by atoms with Crippen LogP contribution in [0.1, 0.15) is 121 Å². The van der Waals surface area contributed by atoms with E-state index in [1.54, 1.807) is 19.9 Å². The van der Waals surface area contributed by atoms with Gasteiger partial charge in [-0.05, 0) is 45.4 Å². The van der Waals surface area contributed by atoms with E-state index in [0.717, 1.165) is 38.5 Å². The molecule has 0 saturated heterocycles. The number of methoxy groups -OCH3 is 1. The summed E-state index contributed by atoms with van der Waals surface area (Å²) in [7, 11) is 1.44. The Kier molecular flexibility index (Phi) is 41.4. The Morgan fingerprint density at radius 3 is 1.43 bits per heavy atom. The molecule has 0 spiro atoms. The van der Waals surface area contributed by atoms with Gasteiger partial charge in [-0.25, -0.2) is 0 Å². The topological polar surface area (TPSA) is 81.7 Å². The van der Waals surface area contributed by atoms with Crippen LogP contribution in [0.15, 0.2) is 72.9 Å². The number of allylic oxidation sites excluding steroid dienone is 11. The van der Waals surface area contributed by atoms with E-state index in [-0.39, 0.29) is 43.7 Å². The largest absolute Gasteiger partial charge is 0.465 e. The number of amides is 1. The number of rotatable bonds is 21. The minimum absolute atomic E-state index is 0.00172. The maximum Gasteiger partial charge on any atom is 0.309 e. The molecule has 1 N–H and O–H groups in total. The molecule has 0 unspecified atom stereocenters. The monoisotopic (exact) mass is 618 g/mol. The van der Waals surface area contributed by atoms with E-state index in [2.05, 4.69) is 73.0 Å². The predicted molar refractivity (Wildman–Crippen MR) is 191 cm³/mol. The van der Waals surface area contributed by atoms with Gasteiger partial charge in [-0.15, -0.1) is 0 Å². The van der Waals surface area contributed by atoms with Gasteiger partial charge in [-0.3, -0.25) is 14.4 Å². The predicted octanol–water partition coefficient (Wildman–Crippen LogP) is 9.83. The molecule has 0 heterocycles. The zero-order valence-corrected chi connectivity index (χ0v) is 30.1. The highest BCUT2D eigenvalue weighted by Crippen LogP contribution is 2.24. The normalized spacial score (nSPS) is 12.2. The van der Waals surface area contributed by atoms with Gasteiger partial charge >= 0.3 is 5.97 Å². The highest BCUT2D eigenvalue weighted by Gasteiger charge is 2.36. The number of ketones is 1. The van der Waals surface area contributed by atoms with E-state index in [0.29, 0.717) is 0 Å². The number of nitrogens with one attached hydrogen (secondary N) is 1. The molecule has 254 valence electrons. The van der Waals surface area contributed by atoms with Gasteiger partial charge in [-0.1, -0.05) is 135 Å². The second kappa shape index (κ2) is 38.0. The van der Waals surface area contributed by atoms with Crippen LogP contribution in [0, 0.1) is 5.41 Å². The van der Waals surface area contributed by atoms with E-state index in [1.165, 1.54) is 14.0 Å². The number of Topliss-reactive ketones (excluding diaryl/α,β-unsaturated/α-hetero) is 1. The fourth-order valence-electron chi connectivity index (χ4n) is 3.34. The number of esters is 1. The smallest absolute Gasteiger partial charge is 0.309 e. The fraction of sp³-hybridized carbons (Fsp3) is 0.605. The Labute approximate surface area is 271 Å². The van der Waals surface area contributed by atoms with Crippen LogP contribution >= 0.6 is 0 Å². The van der Waals surface area contributed by atoms with Crippen molar-refractivity contribution in [2.75, 3.05) is 20.3 Å². The van der Waals surface area contributed by atoms with Gasteiger partial charge in [0.25, 0.3) is 0 Å². The molecule has 6 heteroatoms. The molecule has 1 amide bonds. The summed E-state index contributed by atoms with van der Waals surface area (Å²) in [5.41, 5.74) is -0.719. The molecule has 0 aliphatic carbocycles. The Hall–Kier alpha value is -2.99. The van der Waals surface area contributed by atoms with Gasteiger partial charge in [-0.2, -0.15) is 0 Å². The molecule has 0 bridgehead atoms. The number of hydrogen-bond acceptors (Lipinski definition) is 5. The van der Waals surface area contributed by atoms with Crippen LogP contribution < -0.4 is 5.32 Å². The lowest BCUT2D eigenvalue weighted by Gasteiger charge is -2.31.